The van der Waals surface area contributed by atoms with Crippen molar-refractivity contribution in [2.75, 3.05) is 0 Å². The molecule has 1 fully saturated rings. The maximum atomic E-state index is 11.9. The van der Waals surface area contributed by atoms with Crippen LogP contribution in [0.5, 0.6) is 11.5 Å². The maximum absolute atomic E-state index is 11.9. The molecule has 2 aromatic carbocycles. The van der Waals surface area contributed by atoms with Crippen LogP contribution in [0.25, 0.3) is 0 Å². The van der Waals surface area contributed by atoms with Crippen LogP contribution in [-0.2, 0) is 11.2 Å². The van der Waals surface area contributed by atoms with E-state index in [-0.39, 0.29) is 17.6 Å². The van der Waals surface area contributed by atoms with Gasteiger partial charge in [-0.2, -0.15) is 0 Å². The van der Waals surface area contributed by atoms with Crippen molar-refractivity contribution in [3.05, 3.63) is 57.6 Å². The zero-order valence-electron chi connectivity index (χ0n) is 11.7. The SMILES string of the molecule is O=C(Oc1ccc(Cl)cc1Cc1cc(Cl)ccc1O)C1CC1. The minimum atomic E-state index is -0.209. The lowest BCUT2D eigenvalue weighted by atomic mass is 10.0. The van der Waals surface area contributed by atoms with Crippen LogP contribution in [0.1, 0.15) is 24.0 Å². The summed E-state index contributed by atoms with van der Waals surface area (Å²) in [5, 5.41) is 11.0. The Kier molecular flexibility index (Phi) is 4.27. The van der Waals surface area contributed by atoms with Gasteiger partial charge in [0.25, 0.3) is 0 Å². The van der Waals surface area contributed by atoms with Crippen LogP contribution >= 0.6 is 23.2 Å². The summed E-state index contributed by atoms with van der Waals surface area (Å²) in [6.45, 7) is 0. The fourth-order valence-corrected chi connectivity index (χ4v) is 2.59. The summed E-state index contributed by atoms with van der Waals surface area (Å²) < 4.78 is 5.45. The van der Waals surface area contributed by atoms with E-state index in [1.54, 1.807) is 30.3 Å². The highest BCUT2D eigenvalue weighted by molar-refractivity contribution is 6.31. The Hall–Kier alpha value is -1.71. The first-order valence-corrected chi connectivity index (χ1v) is 7.76. The number of carbonyl (C=O) groups is 1. The fraction of sp³-hybridized carbons (Fsp3) is 0.235. The third-order valence-corrected chi connectivity index (χ3v) is 4.04. The van der Waals surface area contributed by atoms with Gasteiger partial charge in [0.05, 0.1) is 5.92 Å². The molecule has 22 heavy (non-hydrogen) atoms. The third kappa shape index (κ3) is 3.54. The van der Waals surface area contributed by atoms with E-state index >= 15 is 0 Å². The Labute approximate surface area is 138 Å². The maximum Gasteiger partial charge on any atom is 0.314 e. The second-order valence-electron chi connectivity index (χ2n) is 5.40. The van der Waals surface area contributed by atoms with Gasteiger partial charge in [-0.05, 0) is 54.8 Å². The predicted molar refractivity (Wildman–Crippen MR) is 85.7 cm³/mol. The summed E-state index contributed by atoms with van der Waals surface area (Å²) >= 11 is 12.0. The van der Waals surface area contributed by atoms with E-state index < -0.39 is 0 Å². The summed E-state index contributed by atoms with van der Waals surface area (Å²) in [6.07, 6.45) is 2.15. The number of rotatable bonds is 4. The summed E-state index contributed by atoms with van der Waals surface area (Å²) in [4.78, 5) is 11.9. The first-order chi connectivity index (χ1) is 10.5. The molecule has 0 amide bonds. The zero-order valence-corrected chi connectivity index (χ0v) is 13.2. The summed E-state index contributed by atoms with van der Waals surface area (Å²) in [7, 11) is 0. The molecule has 1 N–H and O–H groups in total. The monoisotopic (exact) mass is 336 g/mol. The molecule has 0 heterocycles. The molecule has 3 rings (SSSR count). The number of phenols is 1. The van der Waals surface area contributed by atoms with Crippen molar-refractivity contribution in [2.45, 2.75) is 19.3 Å². The lowest BCUT2D eigenvalue weighted by Gasteiger charge is -2.12. The Bertz CT molecular complexity index is 724. The topological polar surface area (TPSA) is 46.5 Å². The number of carbonyl (C=O) groups excluding carboxylic acids is 1. The van der Waals surface area contributed by atoms with E-state index in [1.165, 1.54) is 6.07 Å². The molecule has 0 atom stereocenters. The molecule has 3 nitrogen and oxygen atoms in total. The number of ether oxygens (including phenoxy) is 1. The Morgan fingerprint density at radius 2 is 1.73 bits per heavy atom. The molecular formula is C17H14Cl2O3. The average Bonchev–Trinajstić information content (AvgIpc) is 3.30. The molecule has 0 saturated heterocycles. The van der Waals surface area contributed by atoms with E-state index in [0.717, 1.165) is 18.4 Å². The van der Waals surface area contributed by atoms with Crippen LogP contribution in [0, 0.1) is 5.92 Å². The Balaban J connectivity index is 1.89. The van der Waals surface area contributed by atoms with E-state index in [1.807, 2.05) is 0 Å². The second kappa shape index (κ2) is 6.19. The molecule has 1 aliphatic rings. The minimum Gasteiger partial charge on any atom is -0.508 e. The van der Waals surface area contributed by atoms with Gasteiger partial charge < -0.3 is 9.84 Å². The number of benzene rings is 2. The highest BCUT2D eigenvalue weighted by atomic mass is 35.5. The van der Waals surface area contributed by atoms with Gasteiger partial charge in [-0.3, -0.25) is 4.79 Å². The fourth-order valence-electron chi connectivity index (χ4n) is 2.20. The van der Waals surface area contributed by atoms with Gasteiger partial charge in [0, 0.05) is 22.0 Å². The van der Waals surface area contributed by atoms with E-state index in [4.69, 9.17) is 27.9 Å². The number of hydrogen-bond donors (Lipinski definition) is 1. The van der Waals surface area contributed by atoms with Crippen molar-refractivity contribution < 1.29 is 14.6 Å². The molecular weight excluding hydrogens is 323 g/mol. The van der Waals surface area contributed by atoms with Crippen LogP contribution in [0.2, 0.25) is 10.0 Å². The highest BCUT2D eigenvalue weighted by Crippen LogP contribution is 2.34. The first-order valence-electron chi connectivity index (χ1n) is 7.00. The largest absolute Gasteiger partial charge is 0.508 e. The van der Waals surface area contributed by atoms with Crippen LogP contribution in [0.4, 0.5) is 0 Å². The smallest absolute Gasteiger partial charge is 0.314 e. The molecule has 0 radical (unpaired) electrons. The normalized spacial score (nSPS) is 13.9. The molecule has 5 heteroatoms. The van der Waals surface area contributed by atoms with Crippen LogP contribution in [0.15, 0.2) is 36.4 Å². The molecule has 0 aromatic heterocycles. The summed E-state index contributed by atoms with van der Waals surface area (Å²) in [5.74, 6) is 0.423. The number of halogens is 2. The molecule has 114 valence electrons. The first kappa shape index (κ1) is 15.2. The van der Waals surface area contributed by atoms with Gasteiger partial charge in [-0.1, -0.05) is 23.2 Å². The standard InChI is InChI=1S/C17H14Cl2O3/c18-13-3-5-15(20)11(8-13)7-12-9-14(19)4-6-16(12)22-17(21)10-1-2-10/h3-6,8-10,20H,1-2,7H2. The van der Waals surface area contributed by atoms with Crippen LogP contribution in [0.3, 0.4) is 0 Å². The average molecular weight is 337 g/mol. The number of aromatic hydroxyl groups is 1. The zero-order chi connectivity index (χ0) is 15.7. The highest BCUT2D eigenvalue weighted by Gasteiger charge is 2.32. The van der Waals surface area contributed by atoms with E-state index in [0.29, 0.717) is 27.8 Å². The van der Waals surface area contributed by atoms with Crippen molar-refractivity contribution in [3.8, 4) is 11.5 Å². The molecule has 2 aromatic rings. The number of phenolic OH excluding ortho intramolecular Hbond substituents is 1. The molecule has 1 saturated carbocycles. The van der Waals surface area contributed by atoms with Crippen LogP contribution in [-0.4, -0.2) is 11.1 Å². The summed E-state index contributed by atoms with van der Waals surface area (Å²) in [5.41, 5.74) is 1.39. The van der Waals surface area contributed by atoms with Gasteiger partial charge >= 0.3 is 5.97 Å². The van der Waals surface area contributed by atoms with Gasteiger partial charge in [-0.15, -0.1) is 0 Å². The third-order valence-electron chi connectivity index (χ3n) is 3.57. The van der Waals surface area contributed by atoms with Crippen LogP contribution < -0.4 is 4.74 Å². The Morgan fingerprint density at radius 3 is 2.41 bits per heavy atom. The molecule has 0 aliphatic heterocycles. The minimum absolute atomic E-state index is 0.0168. The lowest BCUT2D eigenvalue weighted by Crippen LogP contribution is -2.11. The second-order valence-corrected chi connectivity index (χ2v) is 6.27. The quantitative estimate of drug-likeness (QED) is 0.655. The Morgan fingerprint density at radius 1 is 1.09 bits per heavy atom. The van der Waals surface area contributed by atoms with Crippen molar-refractivity contribution in [1.29, 1.82) is 0 Å². The van der Waals surface area contributed by atoms with Crippen molar-refractivity contribution in [2.24, 2.45) is 5.92 Å². The number of hydrogen-bond acceptors (Lipinski definition) is 3. The van der Waals surface area contributed by atoms with Gasteiger partial charge in [0.2, 0.25) is 0 Å². The van der Waals surface area contributed by atoms with Crippen molar-refractivity contribution >= 4 is 29.2 Å². The summed E-state index contributed by atoms with van der Waals surface area (Å²) in [6, 6.07) is 9.93. The van der Waals surface area contributed by atoms with E-state index in [2.05, 4.69) is 0 Å². The lowest BCUT2D eigenvalue weighted by molar-refractivity contribution is -0.135. The molecule has 1 aliphatic carbocycles. The van der Waals surface area contributed by atoms with Gasteiger partial charge in [0.1, 0.15) is 11.5 Å². The van der Waals surface area contributed by atoms with Gasteiger partial charge in [0.15, 0.2) is 0 Å². The van der Waals surface area contributed by atoms with E-state index in [9.17, 15) is 9.90 Å². The number of esters is 1. The van der Waals surface area contributed by atoms with Gasteiger partial charge in [-0.25, -0.2) is 0 Å². The molecule has 0 bridgehead atoms. The van der Waals surface area contributed by atoms with Crippen molar-refractivity contribution in [3.63, 3.8) is 0 Å². The van der Waals surface area contributed by atoms with Crippen molar-refractivity contribution in [1.82, 2.24) is 0 Å². The molecule has 0 unspecified atom stereocenters. The predicted octanol–water partition coefficient (Wildman–Crippen LogP) is 4.61. The molecule has 0 spiro atoms.